The quantitative estimate of drug-likeness (QED) is 0.278. The summed E-state index contributed by atoms with van der Waals surface area (Å²) in [5.74, 6) is 0.242. The molecule has 5 heteroatoms. The standard InChI is InChI=1S/C22H16BrClFNS/c23-16-10-8-15(9-11-16)12-26-13-22(17-4-1-2-7-21(17)26)27-14-18-19(24)5-3-6-20(18)25/h1-11,13H,12,14H2. The van der Waals surface area contributed by atoms with E-state index in [-0.39, 0.29) is 5.82 Å². The zero-order chi connectivity index (χ0) is 18.8. The van der Waals surface area contributed by atoms with Crippen molar-refractivity contribution in [2.45, 2.75) is 17.2 Å². The van der Waals surface area contributed by atoms with Gasteiger partial charge < -0.3 is 4.57 Å². The van der Waals surface area contributed by atoms with Crippen molar-refractivity contribution in [3.05, 3.63) is 99.4 Å². The second-order valence-electron chi connectivity index (χ2n) is 6.25. The minimum atomic E-state index is -0.256. The van der Waals surface area contributed by atoms with E-state index in [4.69, 9.17) is 11.6 Å². The maximum Gasteiger partial charge on any atom is 0.128 e. The zero-order valence-corrected chi connectivity index (χ0v) is 17.5. The third-order valence-corrected chi connectivity index (χ3v) is 6.40. The van der Waals surface area contributed by atoms with E-state index in [0.29, 0.717) is 16.3 Å². The average molecular weight is 461 g/mol. The van der Waals surface area contributed by atoms with Gasteiger partial charge in [-0.15, -0.1) is 11.8 Å². The molecular weight excluding hydrogens is 445 g/mol. The van der Waals surface area contributed by atoms with E-state index in [1.54, 1.807) is 23.9 Å². The highest BCUT2D eigenvalue weighted by Gasteiger charge is 2.12. The van der Waals surface area contributed by atoms with Crippen LogP contribution in [0.2, 0.25) is 5.02 Å². The Morgan fingerprint density at radius 3 is 2.52 bits per heavy atom. The van der Waals surface area contributed by atoms with Gasteiger partial charge in [0.15, 0.2) is 0 Å². The van der Waals surface area contributed by atoms with Crippen molar-refractivity contribution < 1.29 is 4.39 Å². The molecule has 0 saturated carbocycles. The molecule has 0 atom stereocenters. The van der Waals surface area contributed by atoms with Crippen LogP contribution in [0.3, 0.4) is 0 Å². The summed E-state index contributed by atoms with van der Waals surface area (Å²) in [6.45, 7) is 0.787. The first-order valence-electron chi connectivity index (χ1n) is 8.50. The van der Waals surface area contributed by atoms with Crippen molar-refractivity contribution >= 4 is 50.2 Å². The van der Waals surface area contributed by atoms with Crippen LogP contribution in [0.1, 0.15) is 11.1 Å². The number of nitrogens with zero attached hydrogens (tertiary/aromatic N) is 1. The molecule has 0 saturated heterocycles. The fourth-order valence-corrected chi connectivity index (χ4v) is 4.76. The molecule has 1 heterocycles. The number of fused-ring (bicyclic) bond motifs is 1. The van der Waals surface area contributed by atoms with Gasteiger partial charge in [-0.3, -0.25) is 0 Å². The summed E-state index contributed by atoms with van der Waals surface area (Å²) in [5.41, 5.74) is 2.95. The van der Waals surface area contributed by atoms with E-state index in [1.165, 1.54) is 22.5 Å². The van der Waals surface area contributed by atoms with Gasteiger partial charge in [0.25, 0.3) is 0 Å². The lowest BCUT2D eigenvalue weighted by molar-refractivity contribution is 0.617. The topological polar surface area (TPSA) is 4.93 Å². The second kappa shape index (κ2) is 8.09. The fraction of sp³-hybridized carbons (Fsp3) is 0.0909. The van der Waals surface area contributed by atoms with E-state index >= 15 is 0 Å². The number of thioether (sulfide) groups is 1. The number of benzene rings is 3. The molecule has 0 aliphatic rings. The number of hydrogen-bond acceptors (Lipinski definition) is 1. The molecule has 0 fully saturated rings. The molecule has 0 radical (unpaired) electrons. The van der Waals surface area contributed by atoms with Crippen molar-refractivity contribution in [2.24, 2.45) is 0 Å². The molecule has 1 nitrogen and oxygen atoms in total. The molecule has 0 amide bonds. The molecule has 4 rings (SSSR count). The first-order chi connectivity index (χ1) is 13.1. The van der Waals surface area contributed by atoms with Crippen LogP contribution in [0, 0.1) is 5.82 Å². The van der Waals surface area contributed by atoms with Crippen molar-refractivity contribution in [2.75, 3.05) is 0 Å². The van der Waals surface area contributed by atoms with Gasteiger partial charge in [0.1, 0.15) is 5.82 Å². The van der Waals surface area contributed by atoms with Crippen LogP contribution in [-0.4, -0.2) is 4.57 Å². The van der Waals surface area contributed by atoms with Gasteiger partial charge in [-0.2, -0.15) is 0 Å². The molecule has 0 bridgehead atoms. The van der Waals surface area contributed by atoms with Gasteiger partial charge in [0, 0.05) is 49.4 Å². The monoisotopic (exact) mass is 459 g/mol. The number of para-hydroxylation sites is 1. The second-order valence-corrected chi connectivity index (χ2v) is 8.59. The van der Waals surface area contributed by atoms with E-state index in [9.17, 15) is 4.39 Å². The van der Waals surface area contributed by atoms with Crippen LogP contribution in [0.25, 0.3) is 10.9 Å². The van der Waals surface area contributed by atoms with Gasteiger partial charge in [-0.05, 0) is 35.9 Å². The summed E-state index contributed by atoms with van der Waals surface area (Å²) in [4.78, 5) is 1.13. The van der Waals surface area contributed by atoms with Crippen LogP contribution in [0.4, 0.5) is 4.39 Å². The number of halogens is 3. The summed E-state index contributed by atoms with van der Waals surface area (Å²) in [6.07, 6.45) is 2.14. The van der Waals surface area contributed by atoms with Crippen molar-refractivity contribution in [3.8, 4) is 0 Å². The Morgan fingerprint density at radius 2 is 1.74 bits per heavy atom. The molecule has 27 heavy (non-hydrogen) atoms. The van der Waals surface area contributed by atoms with Crippen molar-refractivity contribution in [3.63, 3.8) is 0 Å². The predicted octanol–water partition coefficient (Wildman–Crippen LogP) is 7.54. The summed E-state index contributed by atoms with van der Waals surface area (Å²) >= 11 is 11.3. The van der Waals surface area contributed by atoms with Crippen LogP contribution >= 0.6 is 39.3 Å². The first kappa shape index (κ1) is 18.6. The minimum absolute atomic E-state index is 0.256. The first-order valence-corrected chi connectivity index (χ1v) is 10.7. The van der Waals surface area contributed by atoms with Crippen LogP contribution in [0.15, 0.2) is 82.3 Å². The molecule has 136 valence electrons. The summed E-state index contributed by atoms with van der Waals surface area (Å²) in [7, 11) is 0. The van der Waals surface area contributed by atoms with E-state index < -0.39 is 0 Å². The summed E-state index contributed by atoms with van der Waals surface area (Å²) in [6, 6.07) is 21.5. The molecule has 0 unspecified atom stereocenters. The maximum atomic E-state index is 14.1. The lowest BCUT2D eigenvalue weighted by Gasteiger charge is -2.06. The zero-order valence-electron chi connectivity index (χ0n) is 14.3. The fourth-order valence-electron chi connectivity index (χ4n) is 3.07. The summed E-state index contributed by atoms with van der Waals surface area (Å²) in [5, 5.41) is 1.65. The van der Waals surface area contributed by atoms with Gasteiger partial charge in [-0.1, -0.05) is 63.9 Å². The summed E-state index contributed by atoms with van der Waals surface area (Å²) < 4.78 is 17.4. The average Bonchev–Trinajstić information content (AvgIpc) is 3.01. The Balaban J connectivity index is 1.64. The molecule has 1 aromatic heterocycles. The SMILES string of the molecule is Fc1cccc(Cl)c1CSc1cn(Cc2ccc(Br)cc2)c2ccccc12. The highest BCUT2D eigenvalue weighted by molar-refractivity contribution is 9.10. The molecule has 0 aliphatic heterocycles. The molecule has 0 spiro atoms. The van der Waals surface area contributed by atoms with Crippen molar-refractivity contribution in [1.82, 2.24) is 4.57 Å². The van der Waals surface area contributed by atoms with Gasteiger partial charge >= 0.3 is 0 Å². The third kappa shape index (κ3) is 4.08. The molecule has 0 N–H and O–H groups in total. The predicted molar refractivity (Wildman–Crippen MR) is 116 cm³/mol. The Labute approximate surface area is 175 Å². The van der Waals surface area contributed by atoms with Crippen LogP contribution < -0.4 is 0 Å². The van der Waals surface area contributed by atoms with Crippen LogP contribution in [-0.2, 0) is 12.3 Å². The van der Waals surface area contributed by atoms with Gasteiger partial charge in [0.05, 0.1) is 0 Å². The van der Waals surface area contributed by atoms with E-state index in [2.05, 4.69) is 63.1 Å². The number of aromatic nitrogens is 1. The Hall–Kier alpha value is -1.75. The lowest BCUT2D eigenvalue weighted by Crippen LogP contribution is -1.97. The highest BCUT2D eigenvalue weighted by Crippen LogP contribution is 2.34. The number of rotatable bonds is 5. The Morgan fingerprint density at radius 1 is 0.963 bits per heavy atom. The molecule has 0 aliphatic carbocycles. The molecular formula is C22H16BrClFNS. The van der Waals surface area contributed by atoms with Gasteiger partial charge in [0.2, 0.25) is 0 Å². The molecule has 4 aromatic rings. The maximum absolute atomic E-state index is 14.1. The minimum Gasteiger partial charge on any atom is -0.342 e. The van der Waals surface area contributed by atoms with E-state index in [0.717, 1.165) is 15.9 Å². The van der Waals surface area contributed by atoms with Crippen molar-refractivity contribution in [1.29, 1.82) is 0 Å². The number of hydrogen-bond donors (Lipinski definition) is 0. The third-order valence-electron chi connectivity index (χ3n) is 4.45. The highest BCUT2D eigenvalue weighted by atomic mass is 79.9. The van der Waals surface area contributed by atoms with Crippen LogP contribution in [0.5, 0.6) is 0 Å². The Bertz CT molecular complexity index is 1070. The normalized spacial score (nSPS) is 11.2. The lowest BCUT2D eigenvalue weighted by atomic mass is 10.2. The van der Waals surface area contributed by atoms with E-state index in [1.807, 2.05) is 12.1 Å². The smallest absolute Gasteiger partial charge is 0.128 e. The largest absolute Gasteiger partial charge is 0.342 e. The Kier molecular flexibility index (Phi) is 5.58. The molecule has 3 aromatic carbocycles. The van der Waals surface area contributed by atoms with Gasteiger partial charge in [-0.25, -0.2) is 4.39 Å².